The van der Waals surface area contributed by atoms with E-state index in [1.165, 1.54) is 24.3 Å². The van der Waals surface area contributed by atoms with Crippen molar-refractivity contribution in [2.45, 2.75) is 4.90 Å². The molecule has 2 rings (SSSR count). The lowest BCUT2D eigenvalue weighted by atomic mass is 10.2. The van der Waals surface area contributed by atoms with Crippen molar-refractivity contribution >= 4 is 21.8 Å². The van der Waals surface area contributed by atoms with Gasteiger partial charge in [0.05, 0.1) is 10.5 Å². The highest BCUT2D eigenvalue weighted by Gasteiger charge is 2.18. The van der Waals surface area contributed by atoms with E-state index < -0.39 is 21.8 Å². The lowest BCUT2D eigenvalue weighted by molar-refractivity contribution is 0.0973. The predicted octanol–water partition coefficient (Wildman–Crippen LogP) is 0.299. The quantitative estimate of drug-likeness (QED) is 0.842. The Hall–Kier alpha value is -2.74. The zero-order valence-corrected chi connectivity index (χ0v) is 11.5. The van der Waals surface area contributed by atoms with Gasteiger partial charge in [0.1, 0.15) is 5.69 Å². The fraction of sp³-hybridized carbons (Fsp3) is 0. The highest BCUT2D eigenvalue weighted by molar-refractivity contribution is 7.90. The molecule has 0 saturated carbocycles. The molecule has 2 aromatic rings. The number of primary amides is 1. The summed E-state index contributed by atoms with van der Waals surface area (Å²) in [7, 11) is -3.95. The van der Waals surface area contributed by atoms with E-state index in [1.54, 1.807) is 18.2 Å². The third kappa shape index (κ3) is 3.42. The summed E-state index contributed by atoms with van der Waals surface area (Å²) < 4.78 is 25.8. The van der Waals surface area contributed by atoms with Gasteiger partial charge in [0.15, 0.2) is 0 Å². The smallest absolute Gasteiger partial charge is 0.267 e. The molecule has 108 valence electrons. The summed E-state index contributed by atoms with van der Waals surface area (Å²) in [6.45, 7) is 0. The summed E-state index contributed by atoms with van der Waals surface area (Å²) in [4.78, 5) is 26.4. The molecule has 7 nitrogen and oxygen atoms in total. The Morgan fingerprint density at radius 2 is 1.71 bits per heavy atom. The molecule has 0 radical (unpaired) electrons. The molecule has 1 aromatic carbocycles. The molecule has 1 heterocycles. The monoisotopic (exact) mass is 305 g/mol. The van der Waals surface area contributed by atoms with Crippen molar-refractivity contribution in [3.63, 3.8) is 0 Å². The largest absolute Gasteiger partial charge is 0.364 e. The summed E-state index contributed by atoms with van der Waals surface area (Å²) in [5, 5.41) is 0. The second kappa shape index (κ2) is 5.71. The second-order valence-electron chi connectivity index (χ2n) is 4.04. The van der Waals surface area contributed by atoms with E-state index in [0.717, 1.165) is 6.20 Å². The molecule has 0 bridgehead atoms. The van der Waals surface area contributed by atoms with Gasteiger partial charge in [-0.25, -0.2) is 13.1 Å². The molecule has 3 N–H and O–H groups in total. The third-order valence-electron chi connectivity index (χ3n) is 2.56. The molecule has 0 aliphatic carbocycles. The number of nitrogens with zero attached hydrogens (tertiary/aromatic N) is 1. The highest BCUT2D eigenvalue weighted by Crippen LogP contribution is 2.08. The molecule has 1 aromatic heterocycles. The van der Waals surface area contributed by atoms with E-state index in [-0.39, 0.29) is 16.2 Å². The number of amides is 2. The van der Waals surface area contributed by atoms with E-state index in [0.29, 0.717) is 0 Å². The minimum atomic E-state index is -3.95. The van der Waals surface area contributed by atoms with Crippen LogP contribution in [0, 0.1) is 0 Å². The van der Waals surface area contributed by atoms with Crippen LogP contribution >= 0.6 is 0 Å². The third-order valence-corrected chi connectivity index (χ3v) is 3.91. The average molecular weight is 305 g/mol. The number of hydrogen-bond acceptors (Lipinski definition) is 5. The van der Waals surface area contributed by atoms with Crippen molar-refractivity contribution in [2.75, 3.05) is 0 Å². The summed E-state index contributed by atoms with van der Waals surface area (Å²) in [5.74, 6) is -1.58. The van der Waals surface area contributed by atoms with E-state index in [2.05, 4.69) is 4.98 Å². The summed E-state index contributed by atoms with van der Waals surface area (Å²) >= 11 is 0. The van der Waals surface area contributed by atoms with Gasteiger partial charge in [-0.2, -0.15) is 0 Å². The van der Waals surface area contributed by atoms with Crippen LogP contribution in [0.2, 0.25) is 0 Å². The number of aromatic nitrogens is 1. The molecule has 0 aliphatic heterocycles. The Morgan fingerprint density at radius 3 is 2.24 bits per heavy atom. The van der Waals surface area contributed by atoms with Crippen LogP contribution < -0.4 is 10.5 Å². The second-order valence-corrected chi connectivity index (χ2v) is 5.73. The molecule has 2 amide bonds. The standard InChI is InChI=1S/C13H11N3O4S/c14-12(17)11-7-6-9(8-15-11)13(18)16-21(19,20)10-4-2-1-3-5-10/h1-8H,(H2,14,17)(H,16,18). The first-order valence-electron chi connectivity index (χ1n) is 5.78. The molecule has 0 aliphatic rings. The molecule has 0 saturated heterocycles. The van der Waals surface area contributed by atoms with Crippen LogP contribution in [0.5, 0.6) is 0 Å². The van der Waals surface area contributed by atoms with Crippen molar-refractivity contribution in [3.8, 4) is 0 Å². The number of benzene rings is 1. The lowest BCUT2D eigenvalue weighted by Gasteiger charge is -2.06. The number of sulfonamides is 1. The minimum Gasteiger partial charge on any atom is -0.364 e. The molecule has 21 heavy (non-hydrogen) atoms. The molecule has 0 spiro atoms. The molecule has 0 fully saturated rings. The van der Waals surface area contributed by atoms with E-state index in [1.807, 2.05) is 4.72 Å². The number of carbonyl (C=O) groups excluding carboxylic acids is 2. The first-order chi connectivity index (χ1) is 9.90. The average Bonchev–Trinajstić information content (AvgIpc) is 2.48. The van der Waals surface area contributed by atoms with Crippen LogP contribution in [0.3, 0.4) is 0 Å². The minimum absolute atomic E-state index is 0.000457. The maximum absolute atomic E-state index is 12.0. The summed E-state index contributed by atoms with van der Waals surface area (Å²) in [6.07, 6.45) is 1.08. The maximum Gasteiger partial charge on any atom is 0.267 e. The zero-order chi connectivity index (χ0) is 15.5. The molecular weight excluding hydrogens is 294 g/mol. The predicted molar refractivity (Wildman–Crippen MR) is 73.8 cm³/mol. The van der Waals surface area contributed by atoms with Gasteiger partial charge in [0.2, 0.25) is 0 Å². The lowest BCUT2D eigenvalue weighted by Crippen LogP contribution is -2.30. The van der Waals surface area contributed by atoms with Crippen molar-refractivity contribution in [2.24, 2.45) is 5.73 Å². The number of nitrogens with two attached hydrogens (primary N) is 1. The Kier molecular flexibility index (Phi) is 3.99. The van der Waals surface area contributed by atoms with Gasteiger partial charge in [-0.1, -0.05) is 18.2 Å². The first kappa shape index (κ1) is 14.7. The topological polar surface area (TPSA) is 119 Å². The molecule has 0 atom stereocenters. The van der Waals surface area contributed by atoms with Gasteiger partial charge in [-0.05, 0) is 24.3 Å². The number of carbonyl (C=O) groups is 2. The fourth-order valence-corrected chi connectivity index (χ4v) is 2.51. The van der Waals surface area contributed by atoms with Crippen LogP contribution in [0.4, 0.5) is 0 Å². The van der Waals surface area contributed by atoms with Crippen LogP contribution in [-0.2, 0) is 10.0 Å². The van der Waals surface area contributed by atoms with Crippen molar-refractivity contribution in [1.29, 1.82) is 0 Å². The number of nitrogens with one attached hydrogen (secondary N) is 1. The number of hydrogen-bond donors (Lipinski definition) is 2. The maximum atomic E-state index is 12.0. The Labute approximate surface area is 120 Å². The normalized spacial score (nSPS) is 10.9. The molecule has 0 unspecified atom stereocenters. The van der Waals surface area contributed by atoms with E-state index in [4.69, 9.17) is 5.73 Å². The van der Waals surface area contributed by atoms with Gasteiger partial charge >= 0.3 is 0 Å². The zero-order valence-electron chi connectivity index (χ0n) is 10.7. The first-order valence-corrected chi connectivity index (χ1v) is 7.26. The van der Waals surface area contributed by atoms with Crippen LogP contribution in [-0.4, -0.2) is 25.2 Å². The van der Waals surface area contributed by atoms with Gasteiger partial charge in [-0.3, -0.25) is 14.6 Å². The Morgan fingerprint density at radius 1 is 1.05 bits per heavy atom. The van der Waals surface area contributed by atoms with Gasteiger partial charge in [0, 0.05) is 6.20 Å². The van der Waals surface area contributed by atoms with Gasteiger partial charge in [0.25, 0.3) is 21.8 Å². The highest BCUT2D eigenvalue weighted by atomic mass is 32.2. The molecular formula is C13H11N3O4S. The van der Waals surface area contributed by atoms with Crippen molar-refractivity contribution < 1.29 is 18.0 Å². The fourth-order valence-electron chi connectivity index (χ4n) is 1.51. The number of rotatable bonds is 4. The van der Waals surface area contributed by atoms with Crippen LogP contribution in [0.1, 0.15) is 20.8 Å². The van der Waals surface area contributed by atoms with Crippen LogP contribution in [0.15, 0.2) is 53.6 Å². The van der Waals surface area contributed by atoms with Crippen LogP contribution in [0.25, 0.3) is 0 Å². The van der Waals surface area contributed by atoms with E-state index in [9.17, 15) is 18.0 Å². The Bertz CT molecular complexity index is 771. The SMILES string of the molecule is NC(=O)c1ccc(C(=O)NS(=O)(=O)c2ccccc2)cn1. The molecule has 8 heteroatoms. The number of pyridine rings is 1. The van der Waals surface area contributed by atoms with E-state index >= 15 is 0 Å². The Balaban J connectivity index is 2.20. The van der Waals surface area contributed by atoms with Crippen molar-refractivity contribution in [3.05, 3.63) is 59.9 Å². The van der Waals surface area contributed by atoms with Gasteiger partial charge in [-0.15, -0.1) is 0 Å². The summed E-state index contributed by atoms with van der Waals surface area (Å²) in [5.41, 5.74) is 5.00. The van der Waals surface area contributed by atoms with Crippen molar-refractivity contribution in [1.82, 2.24) is 9.71 Å². The summed E-state index contributed by atoms with van der Waals surface area (Å²) in [6, 6.07) is 9.99. The van der Waals surface area contributed by atoms with Gasteiger partial charge < -0.3 is 5.73 Å².